The molecule has 0 spiro atoms. The number of aryl methyl sites for hydroxylation is 1. The van der Waals surface area contributed by atoms with Gasteiger partial charge in [-0.05, 0) is 62.5 Å². The minimum Gasteiger partial charge on any atom is -0.369 e. The molecule has 1 saturated carbocycles. The van der Waals surface area contributed by atoms with Gasteiger partial charge in [0.1, 0.15) is 5.41 Å². The second-order valence-corrected chi connectivity index (χ2v) is 14.6. The Morgan fingerprint density at radius 2 is 1.84 bits per heavy atom. The molecule has 0 radical (unpaired) electrons. The number of aromatic amines is 1. The number of hydrogen-bond acceptors (Lipinski definition) is 7. The molecule has 1 aliphatic rings. The third-order valence-electron chi connectivity index (χ3n) is 10.8. The van der Waals surface area contributed by atoms with E-state index >= 15 is 0 Å². The van der Waals surface area contributed by atoms with Crippen LogP contribution in [0.5, 0.6) is 0 Å². The highest BCUT2D eigenvalue weighted by molar-refractivity contribution is 5.88. The van der Waals surface area contributed by atoms with E-state index in [1.54, 1.807) is 18.6 Å². The zero-order chi connectivity index (χ0) is 36.5. The van der Waals surface area contributed by atoms with Gasteiger partial charge in [-0.2, -0.15) is 0 Å². The molecular formula is C40H56N8O3. The fourth-order valence-corrected chi connectivity index (χ4v) is 7.79. The lowest BCUT2D eigenvalue weighted by Gasteiger charge is -2.35. The predicted molar refractivity (Wildman–Crippen MR) is 200 cm³/mol. The number of hydrogen-bond donors (Lipinski definition) is 3. The molecule has 4 N–H and O–H groups in total. The molecule has 51 heavy (non-hydrogen) atoms. The lowest BCUT2D eigenvalue weighted by Crippen LogP contribution is -2.52. The molecule has 0 saturated heterocycles. The Labute approximate surface area is 301 Å². The summed E-state index contributed by atoms with van der Waals surface area (Å²) in [6.45, 7) is 10.7. The summed E-state index contributed by atoms with van der Waals surface area (Å²) in [6.07, 6.45) is 17.8. The number of rotatable bonds is 17. The van der Waals surface area contributed by atoms with Crippen molar-refractivity contribution in [2.24, 2.45) is 11.7 Å². The van der Waals surface area contributed by atoms with E-state index in [1.165, 1.54) is 0 Å². The zero-order valence-corrected chi connectivity index (χ0v) is 31.1. The van der Waals surface area contributed by atoms with Gasteiger partial charge < -0.3 is 16.0 Å². The molecule has 4 aromatic heterocycles. The quantitative estimate of drug-likeness (QED) is 0.104. The van der Waals surface area contributed by atoms with Crippen LogP contribution in [-0.2, 0) is 27.8 Å². The van der Waals surface area contributed by atoms with Crippen molar-refractivity contribution < 1.29 is 9.59 Å². The fraction of sp³-hybridized carbons (Fsp3) is 0.575. The molecule has 4 heterocycles. The van der Waals surface area contributed by atoms with E-state index in [0.29, 0.717) is 47.7 Å². The van der Waals surface area contributed by atoms with Crippen molar-refractivity contribution in [1.29, 1.82) is 0 Å². The van der Waals surface area contributed by atoms with Crippen LogP contribution in [0.25, 0.3) is 16.9 Å². The number of H-pyrrole nitrogens is 1. The number of nitrogens with zero attached hydrogens (tertiary/aromatic N) is 5. The van der Waals surface area contributed by atoms with Gasteiger partial charge in [0.25, 0.3) is 0 Å². The number of amides is 2. The summed E-state index contributed by atoms with van der Waals surface area (Å²) in [5.74, 6) is -1.12. The highest BCUT2D eigenvalue weighted by atomic mass is 16.2. The minimum atomic E-state index is -1.30. The number of nitrogens with two attached hydrogens (primary N) is 1. The van der Waals surface area contributed by atoms with Crippen LogP contribution >= 0.6 is 0 Å². The number of nitrogens with one attached hydrogen (secondary N) is 2. The van der Waals surface area contributed by atoms with Crippen molar-refractivity contribution in [3.05, 3.63) is 75.5 Å². The Morgan fingerprint density at radius 3 is 2.49 bits per heavy atom. The smallest absolute Gasteiger partial charge is 0.234 e. The van der Waals surface area contributed by atoms with Crippen LogP contribution in [0, 0.1) is 5.92 Å². The van der Waals surface area contributed by atoms with Crippen molar-refractivity contribution in [2.45, 2.75) is 135 Å². The Balaban J connectivity index is 1.75. The first-order valence-electron chi connectivity index (χ1n) is 19.1. The molecule has 0 bridgehead atoms. The van der Waals surface area contributed by atoms with Crippen molar-refractivity contribution in [3.63, 3.8) is 0 Å². The number of pyridine rings is 2. The van der Waals surface area contributed by atoms with Crippen LogP contribution in [-0.4, -0.2) is 47.9 Å². The predicted octanol–water partition coefficient (Wildman–Crippen LogP) is 6.69. The molecule has 1 unspecified atom stereocenters. The molecule has 1 aliphatic carbocycles. The molecular weight excluding hydrogens is 640 g/mol. The van der Waals surface area contributed by atoms with Crippen LogP contribution in [0.15, 0.2) is 41.7 Å². The Morgan fingerprint density at radius 1 is 1.08 bits per heavy atom. The SMILES string of the molecule is CCCCNC(=O)[C@](Cc1c[nH]c(C2CCCCC2)c(C(CCCC)C(N)=O)c1=O)(c1nnc2c(CCC)nc(-c3cccnc3)cn12)C(C)C. The fourth-order valence-electron chi connectivity index (χ4n) is 7.79. The average molecular weight is 697 g/mol. The molecule has 11 nitrogen and oxygen atoms in total. The van der Waals surface area contributed by atoms with Gasteiger partial charge in [0.05, 0.1) is 17.3 Å². The number of unbranched alkanes of at least 4 members (excludes halogenated alkanes) is 2. The molecule has 0 aliphatic heterocycles. The lowest BCUT2D eigenvalue weighted by atomic mass is 9.70. The second-order valence-electron chi connectivity index (χ2n) is 14.6. The van der Waals surface area contributed by atoms with E-state index in [9.17, 15) is 14.4 Å². The van der Waals surface area contributed by atoms with Gasteiger partial charge in [-0.15, -0.1) is 10.2 Å². The lowest BCUT2D eigenvalue weighted by molar-refractivity contribution is -0.129. The topological polar surface area (TPSA) is 161 Å². The summed E-state index contributed by atoms with van der Waals surface area (Å²) in [6, 6.07) is 3.82. The van der Waals surface area contributed by atoms with Gasteiger partial charge in [-0.3, -0.25) is 23.8 Å². The van der Waals surface area contributed by atoms with Gasteiger partial charge in [-0.25, -0.2) is 4.98 Å². The van der Waals surface area contributed by atoms with E-state index in [1.807, 2.05) is 36.6 Å². The summed E-state index contributed by atoms with van der Waals surface area (Å²) in [4.78, 5) is 55.6. The van der Waals surface area contributed by atoms with E-state index < -0.39 is 17.2 Å². The summed E-state index contributed by atoms with van der Waals surface area (Å²) in [7, 11) is 0. The van der Waals surface area contributed by atoms with Crippen LogP contribution in [0.4, 0.5) is 0 Å². The number of primary amides is 1. The largest absolute Gasteiger partial charge is 0.369 e. The van der Waals surface area contributed by atoms with Crippen molar-refractivity contribution in [3.8, 4) is 11.3 Å². The molecule has 4 aromatic rings. The van der Waals surface area contributed by atoms with Gasteiger partial charge in [0.2, 0.25) is 11.8 Å². The first-order chi connectivity index (χ1) is 24.7. The van der Waals surface area contributed by atoms with E-state index in [4.69, 9.17) is 15.8 Å². The zero-order valence-electron chi connectivity index (χ0n) is 31.1. The highest BCUT2D eigenvalue weighted by Crippen LogP contribution is 2.39. The van der Waals surface area contributed by atoms with E-state index in [0.717, 1.165) is 81.2 Å². The maximum absolute atomic E-state index is 14.9. The Hall–Kier alpha value is -4.41. The maximum atomic E-state index is 14.9. The van der Waals surface area contributed by atoms with Crippen LogP contribution in [0.1, 0.15) is 145 Å². The maximum Gasteiger partial charge on any atom is 0.234 e. The third-order valence-corrected chi connectivity index (χ3v) is 10.8. The standard InChI is InChI=1S/C40H56N8O3/c1-6-9-19-30(36(41)50)33-34(27-16-12-11-13-17-27)44-24-29(35(33)49)22-40(26(4)5,39(51)43-21-10-7-2)38-47-46-37-31(15-8-3)45-32(25-48(37)38)28-18-14-20-42-23-28/h14,18,20,23-27,30H,6-13,15-17,19,21-22H2,1-5H3,(H2,41,50)(H,43,51)(H,44,49)/t30?,40-/m0/s1. The van der Waals surface area contributed by atoms with Gasteiger partial charge >= 0.3 is 0 Å². The van der Waals surface area contributed by atoms with Crippen LogP contribution in [0.3, 0.4) is 0 Å². The number of aromatic nitrogens is 6. The second kappa shape index (κ2) is 17.2. The Kier molecular flexibility index (Phi) is 12.8. The average Bonchev–Trinajstić information content (AvgIpc) is 3.57. The van der Waals surface area contributed by atoms with E-state index in [-0.39, 0.29) is 29.6 Å². The van der Waals surface area contributed by atoms with Crippen LogP contribution in [0.2, 0.25) is 0 Å². The van der Waals surface area contributed by atoms with Gasteiger partial charge in [-0.1, -0.05) is 79.6 Å². The first kappa shape index (κ1) is 37.8. The normalized spacial score (nSPS) is 15.6. The summed E-state index contributed by atoms with van der Waals surface area (Å²) in [5, 5.41) is 12.6. The minimum absolute atomic E-state index is 0.0591. The highest BCUT2D eigenvalue weighted by Gasteiger charge is 2.48. The van der Waals surface area contributed by atoms with Crippen LogP contribution < -0.4 is 16.5 Å². The molecule has 0 aromatic carbocycles. The van der Waals surface area contributed by atoms with Crippen molar-refractivity contribution in [2.75, 3.05) is 6.54 Å². The molecule has 1 fully saturated rings. The van der Waals surface area contributed by atoms with Gasteiger partial charge in [0.15, 0.2) is 16.9 Å². The number of carbonyl (C=O) groups is 2. The summed E-state index contributed by atoms with van der Waals surface area (Å²) in [5.41, 5.74) is 9.19. The summed E-state index contributed by atoms with van der Waals surface area (Å²) >= 11 is 0. The number of fused-ring (bicyclic) bond motifs is 1. The molecule has 2 amide bonds. The third kappa shape index (κ3) is 7.92. The molecule has 2 atom stereocenters. The van der Waals surface area contributed by atoms with Gasteiger partial charge in [0, 0.05) is 53.7 Å². The van der Waals surface area contributed by atoms with Crippen molar-refractivity contribution in [1.82, 2.24) is 34.9 Å². The number of carbonyl (C=O) groups excluding carboxylic acids is 2. The molecule has 274 valence electrons. The molecule has 11 heteroatoms. The van der Waals surface area contributed by atoms with Crippen molar-refractivity contribution >= 4 is 17.5 Å². The van der Waals surface area contributed by atoms with E-state index in [2.05, 4.69) is 41.2 Å². The Bertz CT molecular complexity index is 1840. The molecule has 5 rings (SSSR count). The first-order valence-corrected chi connectivity index (χ1v) is 19.1. The summed E-state index contributed by atoms with van der Waals surface area (Å²) < 4.78 is 1.90. The monoisotopic (exact) mass is 696 g/mol.